The molecule has 5 nitrogen and oxygen atoms in total. The monoisotopic (exact) mass is 245 g/mol. The average Bonchev–Trinajstić information content (AvgIpc) is 2.24. The van der Waals surface area contributed by atoms with Gasteiger partial charge in [-0.1, -0.05) is 13.3 Å². The van der Waals surface area contributed by atoms with E-state index in [0.29, 0.717) is 13.0 Å². The van der Waals surface area contributed by atoms with Gasteiger partial charge in [0, 0.05) is 13.0 Å². The second-order valence-corrected chi connectivity index (χ2v) is 4.19. The maximum atomic E-state index is 10.5. The molecule has 0 rings (SSSR count). The fourth-order valence-electron chi connectivity index (χ4n) is 1.69. The SMILES string of the molecule is CCCN(CCCCCC(=O)O)CCC(=O)O. The van der Waals surface area contributed by atoms with E-state index in [1.807, 2.05) is 0 Å². The van der Waals surface area contributed by atoms with Gasteiger partial charge in [-0.3, -0.25) is 9.59 Å². The molecular formula is C12H23NO4. The Morgan fingerprint density at radius 1 is 0.882 bits per heavy atom. The van der Waals surface area contributed by atoms with E-state index in [4.69, 9.17) is 10.2 Å². The van der Waals surface area contributed by atoms with E-state index in [-0.39, 0.29) is 12.8 Å². The van der Waals surface area contributed by atoms with Gasteiger partial charge in [0.15, 0.2) is 0 Å². The van der Waals surface area contributed by atoms with Gasteiger partial charge in [0.1, 0.15) is 0 Å². The Bertz CT molecular complexity index is 231. The van der Waals surface area contributed by atoms with Gasteiger partial charge in [0.25, 0.3) is 0 Å². The smallest absolute Gasteiger partial charge is 0.304 e. The Morgan fingerprint density at radius 2 is 1.53 bits per heavy atom. The van der Waals surface area contributed by atoms with Gasteiger partial charge in [-0.2, -0.15) is 0 Å². The zero-order chi connectivity index (χ0) is 13.1. The molecule has 0 unspecified atom stereocenters. The highest BCUT2D eigenvalue weighted by molar-refractivity contribution is 5.67. The number of carboxylic acids is 2. The zero-order valence-electron chi connectivity index (χ0n) is 10.5. The van der Waals surface area contributed by atoms with Crippen LogP contribution in [-0.4, -0.2) is 46.7 Å². The molecule has 0 aliphatic heterocycles. The van der Waals surface area contributed by atoms with Crippen LogP contribution in [0.1, 0.15) is 45.4 Å². The molecule has 0 heterocycles. The van der Waals surface area contributed by atoms with E-state index in [2.05, 4.69) is 11.8 Å². The van der Waals surface area contributed by atoms with Crippen molar-refractivity contribution in [2.45, 2.75) is 45.4 Å². The lowest BCUT2D eigenvalue weighted by Crippen LogP contribution is -2.28. The summed E-state index contributed by atoms with van der Waals surface area (Å²) >= 11 is 0. The van der Waals surface area contributed by atoms with Crippen molar-refractivity contribution in [1.29, 1.82) is 0 Å². The maximum absolute atomic E-state index is 10.5. The Balaban J connectivity index is 3.61. The molecule has 0 spiro atoms. The normalized spacial score (nSPS) is 10.7. The van der Waals surface area contributed by atoms with Crippen LogP contribution in [0, 0.1) is 0 Å². The molecule has 0 aromatic rings. The predicted octanol–water partition coefficient (Wildman–Crippen LogP) is 1.82. The largest absolute Gasteiger partial charge is 0.481 e. The highest BCUT2D eigenvalue weighted by Crippen LogP contribution is 2.03. The highest BCUT2D eigenvalue weighted by Gasteiger charge is 2.06. The van der Waals surface area contributed by atoms with E-state index in [1.165, 1.54) is 0 Å². The molecule has 0 aliphatic carbocycles. The number of nitrogens with zero attached hydrogens (tertiary/aromatic N) is 1. The van der Waals surface area contributed by atoms with Crippen LogP contribution in [0.3, 0.4) is 0 Å². The van der Waals surface area contributed by atoms with Crippen LogP contribution in [0.5, 0.6) is 0 Å². The third-order valence-corrected chi connectivity index (χ3v) is 2.55. The molecule has 5 heteroatoms. The summed E-state index contributed by atoms with van der Waals surface area (Å²) in [5.41, 5.74) is 0. The van der Waals surface area contributed by atoms with Crippen LogP contribution >= 0.6 is 0 Å². The second-order valence-electron chi connectivity index (χ2n) is 4.19. The number of carbonyl (C=O) groups is 2. The van der Waals surface area contributed by atoms with Gasteiger partial charge in [0.2, 0.25) is 0 Å². The minimum atomic E-state index is -0.767. The van der Waals surface area contributed by atoms with E-state index in [9.17, 15) is 9.59 Å². The lowest BCUT2D eigenvalue weighted by molar-refractivity contribution is -0.138. The van der Waals surface area contributed by atoms with Crippen LogP contribution < -0.4 is 0 Å². The van der Waals surface area contributed by atoms with Crippen LogP contribution in [0.25, 0.3) is 0 Å². The zero-order valence-corrected chi connectivity index (χ0v) is 10.5. The van der Waals surface area contributed by atoms with Gasteiger partial charge >= 0.3 is 11.9 Å². The molecular weight excluding hydrogens is 222 g/mol. The first-order chi connectivity index (χ1) is 8.06. The number of aliphatic carboxylic acids is 2. The predicted molar refractivity (Wildman–Crippen MR) is 65.1 cm³/mol. The second kappa shape index (κ2) is 10.1. The Kier molecular flexibility index (Phi) is 9.43. The molecule has 0 aliphatic rings. The van der Waals surface area contributed by atoms with Gasteiger partial charge in [-0.15, -0.1) is 0 Å². The van der Waals surface area contributed by atoms with Crippen molar-refractivity contribution in [3.63, 3.8) is 0 Å². The van der Waals surface area contributed by atoms with E-state index in [0.717, 1.165) is 32.4 Å². The summed E-state index contributed by atoms with van der Waals surface area (Å²) in [6, 6.07) is 0. The fraction of sp³-hybridized carbons (Fsp3) is 0.833. The first-order valence-corrected chi connectivity index (χ1v) is 6.22. The molecule has 17 heavy (non-hydrogen) atoms. The minimum Gasteiger partial charge on any atom is -0.481 e. The Labute approximate surface area is 102 Å². The fourth-order valence-corrected chi connectivity index (χ4v) is 1.69. The summed E-state index contributed by atoms with van der Waals surface area (Å²) < 4.78 is 0. The van der Waals surface area contributed by atoms with E-state index < -0.39 is 11.9 Å². The molecule has 0 aromatic carbocycles. The topological polar surface area (TPSA) is 77.8 Å². The molecule has 0 aromatic heterocycles. The maximum Gasteiger partial charge on any atom is 0.304 e. The molecule has 2 N–H and O–H groups in total. The third-order valence-electron chi connectivity index (χ3n) is 2.55. The lowest BCUT2D eigenvalue weighted by Gasteiger charge is -2.20. The quantitative estimate of drug-likeness (QED) is 0.543. The van der Waals surface area contributed by atoms with Crippen LogP contribution in [0.2, 0.25) is 0 Å². The molecule has 0 bridgehead atoms. The molecule has 0 atom stereocenters. The van der Waals surface area contributed by atoms with Gasteiger partial charge in [-0.25, -0.2) is 0 Å². The molecule has 100 valence electrons. The molecule has 0 radical (unpaired) electrons. The first kappa shape index (κ1) is 15.9. The third kappa shape index (κ3) is 11.2. The van der Waals surface area contributed by atoms with Crippen molar-refractivity contribution in [3.05, 3.63) is 0 Å². The molecule has 0 saturated heterocycles. The summed E-state index contributed by atoms with van der Waals surface area (Å²) in [4.78, 5) is 22.9. The number of carboxylic acid groups (broad SMARTS) is 2. The van der Waals surface area contributed by atoms with Crippen molar-refractivity contribution in [2.75, 3.05) is 19.6 Å². The Hall–Kier alpha value is -1.10. The van der Waals surface area contributed by atoms with Crippen molar-refractivity contribution in [3.8, 4) is 0 Å². The summed E-state index contributed by atoms with van der Waals surface area (Å²) in [7, 11) is 0. The van der Waals surface area contributed by atoms with Crippen LogP contribution in [-0.2, 0) is 9.59 Å². The minimum absolute atomic E-state index is 0.176. The average molecular weight is 245 g/mol. The summed E-state index contributed by atoms with van der Waals surface area (Å²) in [6.07, 6.45) is 3.94. The standard InChI is InChI=1S/C12H23NO4/c1-2-8-13(10-7-12(16)17)9-5-3-4-6-11(14)15/h2-10H2,1H3,(H,14,15)(H,16,17). The van der Waals surface area contributed by atoms with Crippen molar-refractivity contribution < 1.29 is 19.8 Å². The molecule has 0 saturated carbocycles. The number of hydrogen-bond donors (Lipinski definition) is 2. The number of unbranched alkanes of at least 4 members (excludes halogenated alkanes) is 2. The number of hydrogen-bond acceptors (Lipinski definition) is 3. The van der Waals surface area contributed by atoms with Crippen molar-refractivity contribution >= 4 is 11.9 Å². The van der Waals surface area contributed by atoms with Crippen molar-refractivity contribution in [1.82, 2.24) is 4.90 Å². The first-order valence-electron chi connectivity index (χ1n) is 6.22. The van der Waals surface area contributed by atoms with Crippen LogP contribution in [0.15, 0.2) is 0 Å². The van der Waals surface area contributed by atoms with Gasteiger partial charge in [-0.05, 0) is 32.4 Å². The number of rotatable bonds is 11. The summed E-state index contributed by atoms with van der Waals surface area (Å²) in [5.74, 6) is -1.52. The Morgan fingerprint density at radius 3 is 2.06 bits per heavy atom. The highest BCUT2D eigenvalue weighted by atomic mass is 16.4. The summed E-state index contributed by atoms with van der Waals surface area (Å²) in [5, 5.41) is 17.1. The van der Waals surface area contributed by atoms with E-state index in [1.54, 1.807) is 0 Å². The van der Waals surface area contributed by atoms with Gasteiger partial charge in [0.05, 0.1) is 6.42 Å². The van der Waals surface area contributed by atoms with Gasteiger partial charge < -0.3 is 15.1 Å². The lowest BCUT2D eigenvalue weighted by atomic mass is 10.2. The van der Waals surface area contributed by atoms with E-state index >= 15 is 0 Å². The van der Waals surface area contributed by atoms with Crippen LogP contribution in [0.4, 0.5) is 0 Å². The van der Waals surface area contributed by atoms with Crippen molar-refractivity contribution in [2.24, 2.45) is 0 Å². The summed E-state index contributed by atoms with van der Waals surface area (Å²) in [6.45, 7) is 4.42. The molecule has 0 fully saturated rings. The molecule has 0 amide bonds.